The van der Waals surface area contributed by atoms with Crippen LogP contribution in [0.3, 0.4) is 0 Å². The number of nitro groups is 1. The predicted octanol–water partition coefficient (Wildman–Crippen LogP) is 0.755. The predicted molar refractivity (Wildman–Crippen MR) is 71.8 cm³/mol. The maximum absolute atomic E-state index is 11.3. The third kappa shape index (κ3) is 2.76. The summed E-state index contributed by atoms with van der Waals surface area (Å²) in [6.45, 7) is 0.0907. The van der Waals surface area contributed by atoms with Crippen LogP contribution in [0.4, 0.5) is 11.5 Å². The molecule has 1 aliphatic carbocycles. The molecule has 0 bridgehead atoms. The topological polar surface area (TPSA) is 148 Å². The molecular weight excluding hydrogens is 280 g/mol. The number of aliphatic carboxylic acids is 1. The zero-order valence-electron chi connectivity index (χ0n) is 11.0. The minimum atomic E-state index is -0.913. The van der Waals surface area contributed by atoms with E-state index in [0.717, 1.165) is 18.7 Å². The van der Waals surface area contributed by atoms with Gasteiger partial charge in [-0.15, -0.1) is 0 Å². The standard InChI is InChI=1S/C12H14N4O5/c13-9(17)8-4-7(16(20)21)5-14-10(8)15-6-12(11(18)19)2-1-3-12/h4-5H,1-3,6H2,(H2,13,17)(H,14,15)(H,18,19). The van der Waals surface area contributed by atoms with Crippen molar-refractivity contribution >= 4 is 23.4 Å². The highest BCUT2D eigenvalue weighted by molar-refractivity contribution is 5.98. The second-order valence-electron chi connectivity index (χ2n) is 5.00. The Hall–Kier alpha value is -2.71. The van der Waals surface area contributed by atoms with Crippen molar-refractivity contribution in [3.05, 3.63) is 27.9 Å². The molecule has 4 N–H and O–H groups in total. The van der Waals surface area contributed by atoms with Gasteiger partial charge in [0.1, 0.15) is 12.0 Å². The molecule has 112 valence electrons. The van der Waals surface area contributed by atoms with Crippen molar-refractivity contribution in [3.63, 3.8) is 0 Å². The summed E-state index contributed by atoms with van der Waals surface area (Å²) >= 11 is 0. The van der Waals surface area contributed by atoms with Crippen molar-refractivity contribution in [2.45, 2.75) is 19.3 Å². The van der Waals surface area contributed by atoms with Gasteiger partial charge in [-0.1, -0.05) is 6.42 Å². The van der Waals surface area contributed by atoms with Gasteiger partial charge in [0, 0.05) is 12.6 Å². The maximum Gasteiger partial charge on any atom is 0.311 e. The first-order valence-corrected chi connectivity index (χ1v) is 6.27. The molecule has 0 aromatic carbocycles. The van der Waals surface area contributed by atoms with Gasteiger partial charge in [0.2, 0.25) is 0 Å². The molecule has 0 unspecified atom stereocenters. The lowest BCUT2D eigenvalue weighted by atomic mass is 9.69. The molecule has 1 fully saturated rings. The third-order valence-electron chi connectivity index (χ3n) is 3.71. The zero-order valence-corrected chi connectivity index (χ0v) is 11.0. The number of carbonyl (C=O) groups excluding carboxylic acids is 1. The minimum absolute atomic E-state index is 0.0561. The van der Waals surface area contributed by atoms with E-state index >= 15 is 0 Å². The van der Waals surface area contributed by atoms with E-state index in [9.17, 15) is 24.8 Å². The van der Waals surface area contributed by atoms with Crippen LogP contribution in [0.2, 0.25) is 0 Å². The molecular formula is C12H14N4O5. The number of anilines is 1. The molecule has 9 nitrogen and oxygen atoms in total. The third-order valence-corrected chi connectivity index (χ3v) is 3.71. The summed E-state index contributed by atoms with van der Waals surface area (Å²) in [5, 5.41) is 22.6. The number of rotatable bonds is 6. The van der Waals surface area contributed by atoms with Crippen molar-refractivity contribution < 1.29 is 19.6 Å². The number of nitrogens with zero attached hydrogens (tertiary/aromatic N) is 2. The second-order valence-corrected chi connectivity index (χ2v) is 5.00. The van der Waals surface area contributed by atoms with Crippen LogP contribution in [0.5, 0.6) is 0 Å². The fourth-order valence-corrected chi connectivity index (χ4v) is 2.21. The van der Waals surface area contributed by atoms with Crippen molar-refractivity contribution in [1.82, 2.24) is 4.98 Å². The molecule has 0 spiro atoms. The summed E-state index contributed by atoms with van der Waals surface area (Å²) in [5.41, 5.74) is 3.80. The Balaban J connectivity index is 2.22. The van der Waals surface area contributed by atoms with Gasteiger partial charge >= 0.3 is 5.97 Å². The van der Waals surface area contributed by atoms with Crippen LogP contribution in [-0.4, -0.2) is 33.4 Å². The minimum Gasteiger partial charge on any atom is -0.481 e. The van der Waals surface area contributed by atoms with Crippen LogP contribution in [0.15, 0.2) is 12.3 Å². The number of hydrogen-bond donors (Lipinski definition) is 3. The van der Waals surface area contributed by atoms with Crippen LogP contribution in [0.1, 0.15) is 29.6 Å². The van der Waals surface area contributed by atoms with Crippen LogP contribution >= 0.6 is 0 Å². The average Bonchev–Trinajstić information content (AvgIpc) is 2.36. The highest BCUT2D eigenvalue weighted by Gasteiger charge is 2.44. The normalized spacial score (nSPS) is 15.8. The number of carbonyl (C=O) groups is 2. The smallest absolute Gasteiger partial charge is 0.311 e. The van der Waals surface area contributed by atoms with Gasteiger partial charge < -0.3 is 16.2 Å². The van der Waals surface area contributed by atoms with Crippen molar-refractivity contribution in [2.75, 3.05) is 11.9 Å². The Morgan fingerprint density at radius 2 is 2.19 bits per heavy atom. The Morgan fingerprint density at radius 3 is 2.62 bits per heavy atom. The number of nitrogens with one attached hydrogen (secondary N) is 1. The zero-order chi connectivity index (χ0) is 15.6. The summed E-state index contributed by atoms with van der Waals surface area (Å²) < 4.78 is 0. The number of carboxylic acids is 1. The lowest BCUT2D eigenvalue weighted by Gasteiger charge is -2.37. The summed E-state index contributed by atoms with van der Waals surface area (Å²) in [6.07, 6.45) is 2.88. The lowest BCUT2D eigenvalue weighted by molar-refractivity contribution is -0.385. The van der Waals surface area contributed by atoms with E-state index in [-0.39, 0.29) is 23.6 Å². The SMILES string of the molecule is NC(=O)c1cc([N+](=O)[O-])cnc1NCC1(C(=O)O)CCC1. The molecule has 2 rings (SSSR count). The Labute approximate surface area is 119 Å². The largest absolute Gasteiger partial charge is 0.481 e. The fourth-order valence-electron chi connectivity index (χ4n) is 2.21. The van der Waals surface area contributed by atoms with Gasteiger partial charge in [-0.25, -0.2) is 4.98 Å². The molecule has 1 aromatic rings. The number of primary amides is 1. The molecule has 0 radical (unpaired) electrons. The summed E-state index contributed by atoms with van der Waals surface area (Å²) in [5.74, 6) is -1.73. The van der Waals surface area contributed by atoms with Gasteiger partial charge in [0.25, 0.3) is 11.6 Å². The first-order chi connectivity index (χ1) is 9.85. The highest BCUT2D eigenvalue weighted by Crippen LogP contribution is 2.41. The van der Waals surface area contributed by atoms with Gasteiger partial charge in [-0.05, 0) is 12.8 Å². The van der Waals surface area contributed by atoms with E-state index in [0.29, 0.717) is 12.8 Å². The van der Waals surface area contributed by atoms with Gasteiger partial charge in [-0.3, -0.25) is 19.7 Å². The number of aromatic nitrogens is 1. The summed E-state index contributed by atoms with van der Waals surface area (Å²) in [7, 11) is 0. The van der Waals surface area contributed by atoms with Gasteiger partial charge in [0.15, 0.2) is 0 Å². The van der Waals surface area contributed by atoms with Crippen LogP contribution < -0.4 is 11.1 Å². The highest BCUT2D eigenvalue weighted by atomic mass is 16.6. The van der Waals surface area contributed by atoms with Crippen molar-refractivity contribution in [1.29, 1.82) is 0 Å². The number of nitrogens with two attached hydrogens (primary N) is 1. The number of hydrogen-bond acceptors (Lipinski definition) is 6. The van der Waals surface area contributed by atoms with Crippen LogP contribution in [0, 0.1) is 15.5 Å². The van der Waals surface area contributed by atoms with E-state index in [1.54, 1.807) is 0 Å². The van der Waals surface area contributed by atoms with Gasteiger partial charge in [-0.2, -0.15) is 0 Å². The van der Waals surface area contributed by atoms with Crippen LogP contribution in [-0.2, 0) is 4.79 Å². The lowest BCUT2D eigenvalue weighted by Crippen LogP contribution is -2.44. The van der Waals surface area contributed by atoms with Crippen molar-refractivity contribution in [2.24, 2.45) is 11.1 Å². The second kappa shape index (κ2) is 5.35. The quantitative estimate of drug-likeness (QED) is 0.517. The monoisotopic (exact) mass is 294 g/mol. The van der Waals surface area contributed by atoms with E-state index in [1.165, 1.54) is 0 Å². The number of pyridine rings is 1. The summed E-state index contributed by atoms with van der Waals surface area (Å²) in [4.78, 5) is 36.4. The number of carboxylic acid groups (broad SMARTS) is 1. The molecule has 1 aromatic heterocycles. The van der Waals surface area contributed by atoms with Gasteiger partial charge in [0.05, 0.1) is 15.9 Å². The van der Waals surface area contributed by atoms with E-state index in [2.05, 4.69) is 10.3 Å². The Morgan fingerprint density at radius 1 is 1.52 bits per heavy atom. The summed E-state index contributed by atoms with van der Waals surface area (Å²) in [6, 6.07) is 1.02. The number of amides is 1. The molecule has 0 aliphatic heterocycles. The molecule has 1 aliphatic rings. The first-order valence-electron chi connectivity index (χ1n) is 6.27. The molecule has 21 heavy (non-hydrogen) atoms. The molecule has 0 atom stereocenters. The molecule has 1 heterocycles. The maximum atomic E-state index is 11.3. The molecule has 0 saturated heterocycles. The fraction of sp³-hybridized carbons (Fsp3) is 0.417. The average molecular weight is 294 g/mol. The first kappa shape index (κ1) is 14.7. The van der Waals surface area contributed by atoms with Crippen molar-refractivity contribution in [3.8, 4) is 0 Å². The molecule has 1 saturated carbocycles. The van der Waals surface area contributed by atoms with Crippen LogP contribution in [0.25, 0.3) is 0 Å². The van der Waals surface area contributed by atoms with E-state index < -0.39 is 22.2 Å². The van der Waals surface area contributed by atoms with E-state index in [1.807, 2.05) is 0 Å². The molecule has 1 amide bonds. The Kier molecular flexibility index (Phi) is 3.74. The van der Waals surface area contributed by atoms with E-state index in [4.69, 9.17) is 5.73 Å². The Bertz CT molecular complexity index is 612. The molecule has 9 heteroatoms.